The van der Waals surface area contributed by atoms with E-state index >= 15 is 0 Å². The zero-order valence-corrected chi connectivity index (χ0v) is 41.1. The third-order valence-corrected chi connectivity index (χ3v) is 11.6. The van der Waals surface area contributed by atoms with Crippen molar-refractivity contribution in [1.29, 1.82) is 0 Å². The SMILES string of the molecule is CCCCCC/C=C\CCCC(=O)OCC(COC(=O)CCCCCCC\C=C/C=C\C=C/CCCCCCC)OC(=O)CCCCCCCCCCCCCCCCCCC. The summed E-state index contributed by atoms with van der Waals surface area (Å²) < 4.78 is 16.7. The first-order chi connectivity index (χ1) is 30.5. The smallest absolute Gasteiger partial charge is 0.306 e. The maximum absolute atomic E-state index is 12.8. The normalized spacial score (nSPS) is 12.4. The van der Waals surface area contributed by atoms with Crippen LogP contribution in [-0.2, 0) is 28.6 Å². The lowest BCUT2D eigenvalue weighted by atomic mass is 10.0. The summed E-state index contributed by atoms with van der Waals surface area (Å²) in [5.41, 5.74) is 0. The van der Waals surface area contributed by atoms with Gasteiger partial charge in [0.25, 0.3) is 0 Å². The molecule has 0 N–H and O–H groups in total. The molecule has 0 rings (SSSR count). The molecule has 0 radical (unpaired) electrons. The fraction of sp³-hybridized carbons (Fsp3) is 0.804. The van der Waals surface area contributed by atoms with Gasteiger partial charge in [0.1, 0.15) is 13.2 Å². The van der Waals surface area contributed by atoms with Gasteiger partial charge in [-0.05, 0) is 64.2 Å². The molecule has 0 saturated carbocycles. The molecule has 0 aromatic heterocycles. The predicted octanol–water partition coefficient (Wildman–Crippen LogP) is 17.5. The molecule has 0 aromatic rings. The fourth-order valence-electron chi connectivity index (χ4n) is 7.57. The highest BCUT2D eigenvalue weighted by molar-refractivity contribution is 5.71. The van der Waals surface area contributed by atoms with Gasteiger partial charge in [0.15, 0.2) is 6.10 Å². The minimum Gasteiger partial charge on any atom is -0.462 e. The lowest BCUT2D eigenvalue weighted by Gasteiger charge is -2.18. The molecule has 0 heterocycles. The molecule has 6 heteroatoms. The van der Waals surface area contributed by atoms with E-state index in [1.54, 1.807) is 0 Å². The van der Waals surface area contributed by atoms with Crippen molar-refractivity contribution in [3.05, 3.63) is 48.6 Å². The molecule has 6 nitrogen and oxygen atoms in total. The average molecular weight is 869 g/mol. The van der Waals surface area contributed by atoms with E-state index in [4.69, 9.17) is 14.2 Å². The van der Waals surface area contributed by atoms with Crippen LogP contribution in [0, 0.1) is 0 Å². The summed E-state index contributed by atoms with van der Waals surface area (Å²) in [6.07, 6.45) is 61.1. The van der Waals surface area contributed by atoms with Crippen LogP contribution < -0.4 is 0 Å². The van der Waals surface area contributed by atoms with Crippen molar-refractivity contribution in [1.82, 2.24) is 0 Å². The Morgan fingerprint density at radius 2 is 0.613 bits per heavy atom. The quantitative estimate of drug-likeness (QED) is 0.0199. The minimum absolute atomic E-state index is 0.0900. The highest BCUT2D eigenvalue weighted by atomic mass is 16.6. The lowest BCUT2D eigenvalue weighted by molar-refractivity contribution is -0.167. The van der Waals surface area contributed by atoms with E-state index in [-0.39, 0.29) is 31.1 Å². The minimum atomic E-state index is -0.788. The summed E-state index contributed by atoms with van der Waals surface area (Å²) in [5.74, 6) is -0.935. The van der Waals surface area contributed by atoms with Crippen LogP contribution in [0.5, 0.6) is 0 Å². The van der Waals surface area contributed by atoms with Gasteiger partial charge in [0.2, 0.25) is 0 Å². The highest BCUT2D eigenvalue weighted by Crippen LogP contribution is 2.16. The van der Waals surface area contributed by atoms with Crippen molar-refractivity contribution in [2.75, 3.05) is 13.2 Å². The van der Waals surface area contributed by atoms with E-state index in [9.17, 15) is 14.4 Å². The Labute approximate surface area is 384 Å². The topological polar surface area (TPSA) is 78.9 Å². The second-order valence-corrected chi connectivity index (χ2v) is 17.8. The Hall–Kier alpha value is -2.63. The summed E-state index contributed by atoms with van der Waals surface area (Å²) in [6, 6.07) is 0. The maximum atomic E-state index is 12.8. The first kappa shape index (κ1) is 59.4. The van der Waals surface area contributed by atoms with Gasteiger partial charge >= 0.3 is 17.9 Å². The summed E-state index contributed by atoms with van der Waals surface area (Å²) in [7, 11) is 0. The molecule has 1 atom stereocenters. The molecule has 0 aliphatic rings. The first-order valence-electron chi connectivity index (χ1n) is 26.7. The van der Waals surface area contributed by atoms with E-state index in [0.717, 1.165) is 70.6 Å². The van der Waals surface area contributed by atoms with Gasteiger partial charge in [0.05, 0.1) is 0 Å². The molecule has 1 unspecified atom stereocenters. The van der Waals surface area contributed by atoms with E-state index in [2.05, 4.69) is 69.4 Å². The van der Waals surface area contributed by atoms with E-state index < -0.39 is 6.10 Å². The van der Waals surface area contributed by atoms with E-state index in [1.165, 1.54) is 154 Å². The van der Waals surface area contributed by atoms with Gasteiger partial charge in [0, 0.05) is 19.3 Å². The number of allylic oxidation sites excluding steroid dienone is 8. The van der Waals surface area contributed by atoms with Crippen LogP contribution in [0.15, 0.2) is 48.6 Å². The fourth-order valence-corrected chi connectivity index (χ4v) is 7.57. The zero-order chi connectivity index (χ0) is 45.1. The number of unbranched alkanes of at least 4 members (excludes halogenated alkanes) is 31. The zero-order valence-electron chi connectivity index (χ0n) is 41.1. The average Bonchev–Trinajstić information content (AvgIpc) is 3.27. The van der Waals surface area contributed by atoms with Crippen LogP contribution in [0.2, 0.25) is 0 Å². The second kappa shape index (κ2) is 51.0. The summed E-state index contributed by atoms with van der Waals surface area (Å²) in [6.45, 7) is 6.57. The van der Waals surface area contributed by atoms with E-state index in [0.29, 0.717) is 25.7 Å². The molecule has 0 spiro atoms. The van der Waals surface area contributed by atoms with Gasteiger partial charge in [-0.3, -0.25) is 14.4 Å². The van der Waals surface area contributed by atoms with Crippen molar-refractivity contribution in [2.24, 2.45) is 0 Å². The molecular weight excluding hydrogens is 769 g/mol. The number of carbonyl (C=O) groups excluding carboxylic acids is 3. The Kier molecular flexibility index (Phi) is 48.8. The van der Waals surface area contributed by atoms with Crippen molar-refractivity contribution in [2.45, 2.75) is 277 Å². The van der Waals surface area contributed by atoms with Gasteiger partial charge < -0.3 is 14.2 Å². The molecule has 0 bridgehead atoms. The first-order valence-corrected chi connectivity index (χ1v) is 26.7. The predicted molar refractivity (Wildman–Crippen MR) is 265 cm³/mol. The molecule has 0 saturated heterocycles. The Morgan fingerprint density at radius 3 is 1.02 bits per heavy atom. The van der Waals surface area contributed by atoms with Gasteiger partial charge in [-0.1, -0.05) is 236 Å². The van der Waals surface area contributed by atoms with Crippen LogP contribution in [0.25, 0.3) is 0 Å². The van der Waals surface area contributed by atoms with E-state index in [1.807, 2.05) is 0 Å². The van der Waals surface area contributed by atoms with Crippen LogP contribution in [0.4, 0.5) is 0 Å². The molecule has 0 fully saturated rings. The van der Waals surface area contributed by atoms with Crippen LogP contribution in [-0.4, -0.2) is 37.2 Å². The molecule has 62 heavy (non-hydrogen) atoms. The monoisotopic (exact) mass is 869 g/mol. The van der Waals surface area contributed by atoms with Crippen molar-refractivity contribution in [3.8, 4) is 0 Å². The Morgan fingerprint density at radius 1 is 0.323 bits per heavy atom. The summed E-state index contributed by atoms with van der Waals surface area (Å²) in [4.78, 5) is 37.9. The summed E-state index contributed by atoms with van der Waals surface area (Å²) in [5, 5.41) is 0. The molecule has 360 valence electrons. The molecule has 0 amide bonds. The summed E-state index contributed by atoms with van der Waals surface area (Å²) >= 11 is 0. The molecular formula is C56H100O6. The Bertz CT molecular complexity index is 1090. The van der Waals surface area contributed by atoms with Crippen LogP contribution >= 0.6 is 0 Å². The van der Waals surface area contributed by atoms with Crippen molar-refractivity contribution < 1.29 is 28.6 Å². The third-order valence-electron chi connectivity index (χ3n) is 11.6. The second-order valence-electron chi connectivity index (χ2n) is 17.8. The molecule has 0 aliphatic heterocycles. The van der Waals surface area contributed by atoms with Gasteiger partial charge in [-0.15, -0.1) is 0 Å². The molecule has 0 aromatic carbocycles. The van der Waals surface area contributed by atoms with Crippen LogP contribution in [0.1, 0.15) is 271 Å². The van der Waals surface area contributed by atoms with Crippen LogP contribution in [0.3, 0.4) is 0 Å². The maximum Gasteiger partial charge on any atom is 0.306 e. The number of rotatable bonds is 48. The van der Waals surface area contributed by atoms with Crippen molar-refractivity contribution >= 4 is 17.9 Å². The number of hydrogen-bond donors (Lipinski definition) is 0. The number of esters is 3. The third kappa shape index (κ3) is 48.4. The standard InChI is InChI=1S/C56H100O6/c1-4-7-10-13-16-19-21-23-25-27-29-30-32-34-37-40-43-46-49-55(58)61-52-53(51-60-54(57)48-45-42-39-36-18-15-12-9-6-3)62-56(59)50-47-44-41-38-35-33-31-28-26-24-22-20-17-14-11-8-5-2/h21,23,25,27,29-30,36,39,53H,4-20,22,24,26,28,31-35,37-38,40-52H2,1-3H3/b23-21-,27-25-,30-29-,39-36-. The lowest BCUT2D eigenvalue weighted by Crippen LogP contribution is -2.30. The highest BCUT2D eigenvalue weighted by Gasteiger charge is 2.19. The number of hydrogen-bond acceptors (Lipinski definition) is 6. The van der Waals surface area contributed by atoms with Gasteiger partial charge in [-0.25, -0.2) is 0 Å². The largest absolute Gasteiger partial charge is 0.462 e. The van der Waals surface area contributed by atoms with Gasteiger partial charge in [-0.2, -0.15) is 0 Å². The Balaban J connectivity index is 4.34. The molecule has 0 aliphatic carbocycles. The number of ether oxygens (including phenoxy) is 3. The van der Waals surface area contributed by atoms with Crippen molar-refractivity contribution in [3.63, 3.8) is 0 Å². The number of carbonyl (C=O) groups is 3.